The molecule has 102 valence electrons. The Morgan fingerprint density at radius 2 is 1.95 bits per heavy atom. The molecule has 0 bridgehead atoms. The van der Waals surface area contributed by atoms with Crippen LogP contribution in [0.15, 0.2) is 34.9 Å². The van der Waals surface area contributed by atoms with E-state index in [1.165, 1.54) is 0 Å². The Hall–Kier alpha value is -1.33. The third-order valence-corrected chi connectivity index (χ3v) is 3.70. The van der Waals surface area contributed by atoms with Crippen LogP contribution in [-0.4, -0.2) is 20.0 Å². The lowest BCUT2D eigenvalue weighted by Gasteiger charge is -2.25. The van der Waals surface area contributed by atoms with Gasteiger partial charge in [0.25, 0.3) is 0 Å². The van der Waals surface area contributed by atoms with Crippen LogP contribution in [0.2, 0.25) is 0 Å². The fraction of sp³-hybridized carbons (Fsp3) is 0.357. The Bertz CT molecular complexity index is 561. The number of aromatic nitrogens is 2. The van der Waals surface area contributed by atoms with Crippen LogP contribution in [-0.2, 0) is 12.1 Å². The van der Waals surface area contributed by atoms with Gasteiger partial charge in [0.1, 0.15) is 11.4 Å². The van der Waals surface area contributed by atoms with Gasteiger partial charge in [-0.2, -0.15) is 5.10 Å². The summed E-state index contributed by atoms with van der Waals surface area (Å²) < 4.78 is 2.58. The smallest absolute Gasteiger partial charge is 0.129 e. The number of benzene rings is 1. The van der Waals surface area contributed by atoms with Crippen LogP contribution in [0.5, 0.6) is 5.75 Å². The molecule has 0 radical (unpaired) electrons. The summed E-state index contributed by atoms with van der Waals surface area (Å²) in [6, 6.07) is 6.56. The molecular formula is C14H17BrN2O2. The Morgan fingerprint density at radius 1 is 1.32 bits per heavy atom. The summed E-state index contributed by atoms with van der Waals surface area (Å²) in [5.41, 5.74) is 0.266. The van der Waals surface area contributed by atoms with Gasteiger partial charge in [0.2, 0.25) is 0 Å². The quantitative estimate of drug-likeness (QED) is 0.908. The van der Waals surface area contributed by atoms with E-state index in [2.05, 4.69) is 28.0 Å². The zero-order valence-corrected chi connectivity index (χ0v) is 12.6. The number of rotatable bonds is 4. The average Bonchev–Trinajstić information content (AvgIpc) is 2.72. The molecule has 0 spiro atoms. The molecule has 2 aromatic rings. The second-order valence-corrected chi connectivity index (χ2v) is 5.54. The molecule has 1 atom stereocenters. The van der Waals surface area contributed by atoms with E-state index in [4.69, 9.17) is 0 Å². The van der Waals surface area contributed by atoms with Crippen LogP contribution < -0.4 is 0 Å². The van der Waals surface area contributed by atoms with Crippen molar-refractivity contribution in [3.8, 4) is 5.75 Å². The second kappa shape index (κ2) is 5.35. The zero-order valence-electron chi connectivity index (χ0n) is 11.0. The Labute approximate surface area is 120 Å². The molecular weight excluding hydrogens is 308 g/mol. The summed E-state index contributed by atoms with van der Waals surface area (Å²) in [4.78, 5) is 0. The van der Waals surface area contributed by atoms with Gasteiger partial charge >= 0.3 is 0 Å². The molecule has 1 aromatic heterocycles. The average molecular weight is 325 g/mol. The number of aliphatic hydroxyl groups is 1. The lowest BCUT2D eigenvalue weighted by Crippen LogP contribution is -2.27. The van der Waals surface area contributed by atoms with E-state index in [1.807, 2.05) is 0 Å². The van der Waals surface area contributed by atoms with Crippen LogP contribution in [0.25, 0.3) is 0 Å². The highest BCUT2D eigenvalue weighted by molar-refractivity contribution is 9.10. The fourth-order valence-corrected chi connectivity index (χ4v) is 2.83. The van der Waals surface area contributed by atoms with Crippen molar-refractivity contribution >= 4 is 15.9 Å². The number of phenols is 1. The number of halogens is 1. The number of aryl methyl sites for hydroxylation is 1. The largest absolute Gasteiger partial charge is 0.508 e. The first kappa shape index (κ1) is 14.1. The van der Waals surface area contributed by atoms with Gasteiger partial charge in [-0.3, -0.25) is 4.68 Å². The van der Waals surface area contributed by atoms with Crippen molar-refractivity contribution < 1.29 is 10.2 Å². The molecule has 4 nitrogen and oxygen atoms in total. The third kappa shape index (κ3) is 2.67. The van der Waals surface area contributed by atoms with Crippen molar-refractivity contribution in [2.45, 2.75) is 32.4 Å². The molecule has 1 unspecified atom stereocenters. The maximum atomic E-state index is 10.9. The predicted octanol–water partition coefficient (Wildman–Crippen LogP) is 3.02. The Morgan fingerprint density at radius 3 is 2.53 bits per heavy atom. The van der Waals surface area contributed by atoms with E-state index in [9.17, 15) is 10.2 Å². The van der Waals surface area contributed by atoms with Crippen LogP contribution in [0.3, 0.4) is 0 Å². The first-order chi connectivity index (χ1) is 8.96. The molecule has 1 aromatic carbocycles. The molecule has 1 heterocycles. The molecule has 2 N–H and O–H groups in total. The second-order valence-electron chi connectivity index (χ2n) is 4.68. The molecule has 19 heavy (non-hydrogen) atoms. The van der Waals surface area contributed by atoms with Crippen molar-refractivity contribution in [2.75, 3.05) is 0 Å². The first-order valence-corrected chi connectivity index (χ1v) is 6.99. The number of nitrogens with zero attached hydrogens (tertiary/aromatic N) is 2. The first-order valence-electron chi connectivity index (χ1n) is 6.20. The van der Waals surface area contributed by atoms with Crippen molar-refractivity contribution in [3.05, 3.63) is 46.2 Å². The number of hydrogen-bond acceptors (Lipinski definition) is 3. The number of aromatic hydroxyl groups is 1. The third-order valence-electron chi connectivity index (χ3n) is 3.12. The summed E-state index contributed by atoms with van der Waals surface area (Å²) in [6.45, 7) is 4.54. The molecule has 0 aliphatic carbocycles. The van der Waals surface area contributed by atoms with Crippen LogP contribution in [0.4, 0.5) is 0 Å². The predicted molar refractivity (Wildman–Crippen MR) is 77.0 cm³/mol. The molecule has 0 fully saturated rings. The van der Waals surface area contributed by atoms with Gasteiger partial charge in [0.15, 0.2) is 0 Å². The minimum atomic E-state index is -1.17. The van der Waals surface area contributed by atoms with E-state index in [0.717, 1.165) is 23.1 Å². The van der Waals surface area contributed by atoms with Crippen LogP contribution in [0, 0.1) is 0 Å². The van der Waals surface area contributed by atoms with Crippen molar-refractivity contribution in [3.63, 3.8) is 0 Å². The highest BCUT2D eigenvalue weighted by Crippen LogP contribution is 2.34. The van der Waals surface area contributed by atoms with E-state index in [0.29, 0.717) is 5.56 Å². The molecule has 2 rings (SSSR count). The molecule has 0 aliphatic rings. The summed E-state index contributed by atoms with van der Waals surface area (Å²) >= 11 is 3.44. The summed E-state index contributed by atoms with van der Waals surface area (Å²) in [6.07, 6.45) is 2.63. The van der Waals surface area contributed by atoms with Gasteiger partial charge in [0.05, 0.1) is 16.4 Å². The summed E-state index contributed by atoms with van der Waals surface area (Å²) in [7, 11) is 0. The highest BCUT2D eigenvalue weighted by Gasteiger charge is 2.32. The summed E-state index contributed by atoms with van der Waals surface area (Å²) in [5.74, 6) is 0.181. The fourth-order valence-electron chi connectivity index (χ4n) is 2.15. The van der Waals surface area contributed by atoms with E-state index >= 15 is 0 Å². The van der Waals surface area contributed by atoms with E-state index in [-0.39, 0.29) is 5.75 Å². The normalized spacial score (nSPS) is 14.3. The lowest BCUT2D eigenvalue weighted by atomic mass is 9.92. The number of hydrogen-bond donors (Lipinski definition) is 2. The monoisotopic (exact) mass is 324 g/mol. The summed E-state index contributed by atoms with van der Waals surface area (Å²) in [5, 5.41) is 24.5. The SMILES string of the molecule is CCCn1ncc(Br)c1C(C)(O)c1ccc(O)cc1. The molecule has 0 aliphatic heterocycles. The molecule has 0 saturated heterocycles. The maximum Gasteiger partial charge on any atom is 0.129 e. The van der Waals surface area contributed by atoms with Gasteiger partial charge < -0.3 is 10.2 Å². The van der Waals surface area contributed by atoms with E-state index < -0.39 is 5.60 Å². The maximum absolute atomic E-state index is 10.9. The van der Waals surface area contributed by atoms with Gasteiger partial charge in [-0.05, 0) is 47.0 Å². The molecule has 5 heteroatoms. The minimum absolute atomic E-state index is 0.181. The van der Waals surface area contributed by atoms with Crippen molar-refractivity contribution in [2.24, 2.45) is 0 Å². The zero-order chi connectivity index (χ0) is 14.0. The Kier molecular flexibility index (Phi) is 3.96. The number of phenolic OH excluding ortho intramolecular Hbond substituents is 1. The van der Waals surface area contributed by atoms with Crippen molar-refractivity contribution in [1.29, 1.82) is 0 Å². The molecule has 0 saturated carbocycles. The lowest BCUT2D eigenvalue weighted by molar-refractivity contribution is 0.0905. The molecule has 0 amide bonds. The van der Waals surface area contributed by atoms with Gasteiger partial charge in [0, 0.05) is 6.54 Å². The van der Waals surface area contributed by atoms with Gasteiger partial charge in [-0.1, -0.05) is 19.1 Å². The van der Waals surface area contributed by atoms with Gasteiger partial charge in [-0.15, -0.1) is 0 Å². The standard InChI is InChI=1S/C14H17BrN2O2/c1-3-8-17-13(12(15)9-16-17)14(2,19)10-4-6-11(18)7-5-10/h4-7,9,18-19H,3,8H2,1-2H3. The van der Waals surface area contributed by atoms with Crippen LogP contribution >= 0.6 is 15.9 Å². The topological polar surface area (TPSA) is 58.3 Å². The van der Waals surface area contributed by atoms with Gasteiger partial charge in [-0.25, -0.2) is 0 Å². The minimum Gasteiger partial charge on any atom is -0.508 e. The highest BCUT2D eigenvalue weighted by atomic mass is 79.9. The van der Waals surface area contributed by atoms with E-state index in [1.54, 1.807) is 42.1 Å². The Balaban J connectivity index is 2.49. The van der Waals surface area contributed by atoms with Crippen LogP contribution in [0.1, 0.15) is 31.5 Å². The van der Waals surface area contributed by atoms with Crippen molar-refractivity contribution in [1.82, 2.24) is 9.78 Å².